The number of hydrogen-bond acceptors (Lipinski definition) is 7. The maximum atomic E-state index is 12.1. The summed E-state index contributed by atoms with van der Waals surface area (Å²) in [6.07, 6.45) is 9.05. The zero-order valence-electron chi connectivity index (χ0n) is 21.0. The van der Waals surface area contributed by atoms with Gasteiger partial charge in [0.2, 0.25) is 0 Å². The molecule has 0 radical (unpaired) electrons. The first kappa shape index (κ1) is 24.2. The third-order valence-corrected chi connectivity index (χ3v) is 9.75. The van der Waals surface area contributed by atoms with E-state index in [2.05, 4.69) is 37.2 Å². The number of fused-ring (bicyclic) bond motifs is 5. The summed E-state index contributed by atoms with van der Waals surface area (Å²) in [5.41, 5.74) is 1.74. The Morgan fingerprint density at radius 3 is 2.55 bits per heavy atom. The molecule has 0 amide bonds. The van der Waals surface area contributed by atoms with Crippen LogP contribution >= 0.6 is 0 Å². The molecule has 0 aromatic carbocycles. The molecule has 0 unspecified atom stereocenters. The molecule has 3 fully saturated rings. The van der Waals surface area contributed by atoms with Crippen molar-refractivity contribution in [3.63, 3.8) is 0 Å². The van der Waals surface area contributed by atoms with E-state index in [1.807, 2.05) is 0 Å². The molecule has 1 N–H and O–H groups in total. The molecule has 3 saturated carbocycles. The topological polar surface area (TPSA) is 89.7 Å². The summed E-state index contributed by atoms with van der Waals surface area (Å²) in [5, 5.41) is 20.5. The first-order chi connectivity index (χ1) is 15.6. The summed E-state index contributed by atoms with van der Waals surface area (Å²) in [6.45, 7) is 8.38. The van der Waals surface area contributed by atoms with Gasteiger partial charge >= 0.3 is 5.97 Å². The van der Waals surface area contributed by atoms with Crippen molar-refractivity contribution in [1.82, 2.24) is 0 Å². The van der Waals surface area contributed by atoms with Crippen LogP contribution in [0.1, 0.15) is 72.6 Å². The highest BCUT2D eigenvalue weighted by molar-refractivity contribution is 5.96. The van der Waals surface area contributed by atoms with E-state index >= 15 is 0 Å². The van der Waals surface area contributed by atoms with Crippen LogP contribution in [0.4, 0.5) is 0 Å². The van der Waals surface area contributed by atoms with Crippen molar-refractivity contribution in [2.45, 2.75) is 78.2 Å². The van der Waals surface area contributed by atoms with E-state index in [4.69, 9.17) is 14.4 Å². The Morgan fingerprint density at radius 2 is 1.88 bits per heavy atom. The molecule has 33 heavy (non-hydrogen) atoms. The number of aliphatic hydroxyl groups is 1. The van der Waals surface area contributed by atoms with Gasteiger partial charge < -0.3 is 19.5 Å². The van der Waals surface area contributed by atoms with Gasteiger partial charge in [0.05, 0.1) is 5.71 Å². The van der Waals surface area contributed by atoms with Gasteiger partial charge in [0.25, 0.3) is 0 Å². The number of hydrogen-bond donors (Lipinski definition) is 1. The summed E-state index contributed by atoms with van der Waals surface area (Å²) in [4.78, 5) is 21.6. The Labute approximate surface area is 197 Å². The van der Waals surface area contributed by atoms with Crippen LogP contribution < -0.4 is 0 Å². The van der Waals surface area contributed by atoms with Crippen LogP contribution in [-0.2, 0) is 19.2 Å². The van der Waals surface area contributed by atoms with Gasteiger partial charge in [0.1, 0.15) is 32.1 Å². The van der Waals surface area contributed by atoms with Gasteiger partial charge in [0, 0.05) is 12.3 Å². The Morgan fingerprint density at radius 1 is 1.15 bits per heavy atom. The average Bonchev–Trinajstić information content (AvgIpc) is 3.04. The lowest BCUT2D eigenvalue weighted by Gasteiger charge is -2.60. The number of carbonyl (C=O) groups excluding carboxylic acids is 1. The van der Waals surface area contributed by atoms with E-state index in [9.17, 15) is 9.90 Å². The number of rotatable bonds is 5. The predicted octanol–water partition coefficient (Wildman–Crippen LogP) is 4.49. The van der Waals surface area contributed by atoms with Gasteiger partial charge in [-0.25, -0.2) is 0 Å². The number of ether oxygens (including phenoxy) is 1. The fourth-order valence-corrected chi connectivity index (χ4v) is 8.18. The van der Waals surface area contributed by atoms with Crippen molar-refractivity contribution in [1.29, 1.82) is 0 Å². The molecule has 4 rings (SSSR count). The van der Waals surface area contributed by atoms with Gasteiger partial charge in [-0.3, -0.25) is 4.79 Å². The Bertz CT molecular complexity index is 882. The zero-order valence-corrected chi connectivity index (χ0v) is 21.0. The van der Waals surface area contributed by atoms with Gasteiger partial charge in [0.15, 0.2) is 0 Å². The number of esters is 1. The monoisotopic (exact) mass is 460 g/mol. The summed E-state index contributed by atoms with van der Waals surface area (Å²) in [5.74, 6) is 1.64. The third kappa shape index (κ3) is 3.71. The second-order valence-corrected chi connectivity index (χ2v) is 11.2. The van der Waals surface area contributed by atoms with Gasteiger partial charge in [-0.05, 0) is 80.1 Å². The van der Waals surface area contributed by atoms with Gasteiger partial charge in [-0.1, -0.05) is 36.7 Å². The Hall–Kier alpha value is -1.89. The van der Waals surface area contributed by atoms with Crippen molar-refractivity contribution in [3.05, 3.63) is 11.6 Å². The van der Waals surface area contributed by atoms with Crippen LogP contribution in [0.3, 0.4) is 0 Å². The van der Waals surface area contributed by atoms with E-state index < -0.39 is 5.60 Å². The zero-order chi connectivity index (χ0) is 24.0. The van der Waals surface area contributed by atoms with E-state index in [-0.39, 0.29) is 23.4 Å². The molecule has 0 heterocycles. The Kier molecular flexibility index (Phi) is 6.40. The number of carbonyl (C=O) groups is 1. The van der Waals surface area contributed by atoms with Crippen LogP contribution in [0.2, 0.25) is 0 Å². The second-order valence-electron chi connectivity index (χ2n) is 11.2. The molecule has 0 spiro atoms. The van der Waals surface area contributed by atoms with E-state index in [0.717, 1.165) is 44.2 Å². The van der Waals surface area contributed by atoms with Crippen LogP contribution in [0.5, 0.6) is 0 Å². The lowest BCUT2D eigenvalue weighted by Crippen LogP contribution is -2.59. The lowest BCUT2D eigenvalue weighted by molar-refractivity contribution is -0.140. The SMILES string of the molecule is CO/N=C1/C=C2[C@@H](C)C[C@@H]3[C@H](CC[C@@]4(C)[C@H]3CC[C@]4(O)/C(COC(C)=O)=N/OC)[C@@]2(C)CC1. The second kappa shape index (κ2) is 8.71. The average molecular weight is 461 g/mol. The standard InChI is InChI=1S/C26H40N2O5/c1-16-13-19-20(24(3)10-7-18(27-31-5)14-22(16)24)8-11-25(4)21(19)9-12-26(25,30)23(28-32-6)15-33-17(2)29/h14,16,19-21,30H,7-13,15H2,1-6H3/b27-18+,28-23+/t16-,19+,20-,21-,24+,25-,26-/m0/s1. The molecule has 0 bridgehead atoms. The first-order valence-electron chi connectivity index (χ1n) is 12.4. The molecule has 0 aliphatic heterocycles. The molecule has 7 atom stereocenters. The van der Waals surface area contributed by atoms with E-state index in [1.165, 1.54) is 19.6 Å². The highest BCUT2D eigenvalue weighted by atomic mass is 16.6. The lowest BCUT2D eigenvalue weighted by atomic mass is 9.44. The van der Waals surface area contributed by atoms with E-state index in [1.54, 1.807) is 7.11 Å². The summed E-state index contributed by atoms with van der Waals surface area (Å²) in [7, 11) is 3.09. The molecule has 0 aromatic rings. The predicted molar refractivity (Wildman–Crippen MR) is 127 cm³/mol. The maximum Gasteiger partial charge on any atom is 0.303 e. The number of allylic oxidation sites excluding steroid dienone is 2. The first-order valence-corrected chi connectivity index (χ1v) is 12.4. The van der Waals surface area contributed by atoms with Gasteiger partial charge in [-0.15, -0.1) is 0 Å². The molecule has 184 valence electrons. The minimum atomic E-state index is -1.13. The van der Waals surface area contributed by atoms with Gasteiger partial charge in [-0.2, -0.15) is 0 Å². The molecule has 7 nitrogen and oxygen atoms in total. The smallest absolute Gasteiger partial charge is 0.303 e. The summed E-state index contributed by atoms with van der Waals surface area (Å²) >= 11 is 0. The van der Waals surface area contributed by atoms with E-state index in [0.29, 0.717) is 35.8 Å². The van der Waals surface area contributed by atoms with Crippen LogP contribution in [0.25, 0.3) is 0 Å². The normalized spacial score (nSPS) is 43.8. The minimum Gasteiger partial charge on any atom is -0.459 e. The summed E-state index contributed by atoms with van der Waals surface area (Å²) < 4.78 is 5.26. The fourth-order valence-electron chi connectivity index (χ4n) is 8.18. The van der Waals surface area contributed by atoms with Crippen LogP contribution in [-0.4, -0.2) is 48.9 Å². The highest BCUT2D eigenvalue weighted by Crippen LogP contribution is 2.68. The Balaban J connectivity index is 1.66. The molecule has 4 aliphatic carbocycles. The maximum absolute atomic E-state index is 12.1. The van der Waals surface area contributed by atoms with Crippen LogP contribution in [0, 0.1) is 34.5 Å². The quantitative estimate of drug-likeness (QED) is 0.371. The highest BCUT2D eigenvalue weighted by Gasteiger charge is 2.66. The van der Waals surface area contributed by atoms with Crippen molar-refractivity contribution < 1.29 is 24.3 Å². The molecule has 4 aliphatic rings. The van der Waals surface area contributed by atoms with Crippen molar-refractivity contribution >= 4 is 17.4 Å². The molecule has 0 aromatic heterocycles. The fraction of sp³-hybridized carbons (Fsp3) is 0.808. The number of nitrogens with zero attached hydrogens (tertiary/aromatic N) is 2. The number of oxime groups is 2. The van der Waals surface area contributed by atoms with Crippen molar-refractivity contribution in [2.24, 2.45) is 44.8 Å². The molecular weight excluding hydrogens is 420 g/mol. The third-order valence-electron chi connectivity index (χ3n) is 9.75. The molecule has 0 saturated heterocycles. The van der Waals surface area contributed by atoms with Crippen molar-refractivity contribution in [2.75, 3.05) is 20.8 Å². The molecular formula is C26H40N2O5. The van der Waals surface area contributed by atoms with Crippen LogP contribution in [0.15, 0.2) is 22.0 Å². The summed E-state index contributed by atoms with van der Waals surface area (Å²) in [6, 6.07) is 0. The van der Waals surface area contributed by atoms with Crippen molar-refractivity contribution in [3.8, 4) is 0 Å². The largest absolute Gasteiger partial charge is 0.459 e. The minimum absolute atomic E-state index is 0.0291. The molecule has 7 heteroatoms.